The van der Waals surface area contributed by atoms with E-state index >= 15 is 0 Å². The second-order valence-corrected chi connectivity index (χ2v) is 9.53. The monoisotopic (exact) mass is 444 g/mol. The topological polar surface area (TPSA) is 40.6 Å². The minimum absolute atomic E-state index is 0.0572. The third-order valence-electron chi connectivity index (χ3n) is 5.85. The van der Waals surface area contributed by atoms with E-state index in [0.717, 1.165) is 17.5 Å². The van der Waals surface area contributed by atoms with Crippen molar-refractivity contribution in [2.24, 2.45) is 0 Å². The van der Waals surface area contributed by atoms with Gasteiger partial charge >= 0.3 is 0 Å². The fourth-order valence-electron chi connectivity index (χ4n) is 4.17. The first-order valence-electron chi connectivity index (χ1n) is 10.9. The predicted octanol–water partition coefficient (Wildman–Crippen LogP) is 5.59. The molecule has 0 aliphatic carbocycles. The van der Waals surface area contributed by atoms with Crippen molar-refractivity contribution in [3.8, 4) is 0 Å². The van der Waals surface area contributed by atoms with Gasteiger partial charge in [0.25, 0.3) is 0 Å². The maximum Gasteiger partial charge on any atom is 0.225 e. The third-order valence-corrected chi connectivity index (χ3v) is 6.83. The summed E-state index contributed by atoms with van der Waals surface area (Å²) >= 11 is 1.73. The molecule has 3 aromatic rings. The van der Waals surface area contributed by atoms with E-state index in [1.165, 1.54) is 15.3 Å². The molecule has 164 valence electrons. The molecule has 4 rings (SSSR count). The molecule has 1 atom stereocenters. The Morgan fingerprint density at radius 2 is 1.75 bits per heavy atom. The molecular weight excluding hydrogens is 416 g/mol. The van der Waals surface area contributed by atoms with Crippen LogP contribution in [0.2, 0.25) is 0 Å². The molecule has 0 saturated carbocycles. The van der Waals surface area contributed by atoms with Gasteiger partial charge in [0.05, 0.1) is 19.0 Å². The Bertz CT molecular complexity index is 1120. The molecule has 0 bridgehead atoms. The maximum atomic E-state index is 13.6. The number of carbonyl (C=O) groups excluding carboxylic acids is 2. The molecule has 1 unspecified atom stereocenters. The molecule has 4 nitrogen and oxygen atoms in total. The zero-order valence-corrected chi connectivity index (χ0v) is 19.3. The van der Waals surface area contributed by atoms with Crippen molar-refractivity contribution in [2.75, 3.05) is 6.54 Å². The minimum Gasteiger partial charge on any atom is -0.337 e. The van der Waals surface area contributed by atoms with Gasteiger partial charge in [0.1, 0.15) is 0 Å². The van der Waals surface area contributed by atoms with Crippen LogP contribution >= 0.6 is 11.3 Å². The van der Waals surface area contributed by atoms with Crippen molar-refractivity contribution in [3.63, 3.8) is 0 Å². The Morgan fingerprint density at radius 3 is 2.47 bits per heavy atom. The van der Waals surface area contributed by atoms with Crippen LogP contribution in [0.1, 0.15) is 45.8 Å². The molecule has 1 aromatic heterocycles. The first-order chi connectivity index (χ1) is 15.5. The van der Waals surface area contributed by atoms with Gasteiger partial charge in [-0.15, -0.1) is 11.3 Å². The SMILES string of the molecule is CC(=O)N1C=Cc2ccccc2C1CC(=O)N(CCc1ccccc1)Cc1ccc(C)s1. The summed E-state index contributed by atoms with van der Waals surface area (Å²) in [5.41, 5.74) is 3.30. The number of fused-ring (bicyclic) bond motifs is 1. The smallest absolute Gasteiger partial charge is 0.225 e. The van der Waals surface area contributed by atoms with Crippen LogP contribution in [0, 0.1) is 6.92 Å². The first-order valence-corrected chi connectivity index (χ1v) is 11.8. The number of thiophene rings is 1. The fourth-order valence-corrected chi connectivity index (χ4v) is 5.07. The minimum atomic E-state index is -0.287. The molecule has 0 radical (unpaired) electrons. The lowest BCUT2D eigenvalue weighted by molar-refractivity contribution is -0.135. The van der Waals surface area contributed by atoms with Gasteiger partial charge in [-0.3, -0.25) is 9.59 Å². The molecule has 1 aliphatic rings. The number of carbonyl (C=O) groups is 2. The third kappa shape index (κ3) is 5.17. The lowest BCUT2D eigenvalue weighted by atomic mass is 9.93. The molecule has 32 heavy (non-hydrogen) atoms. The van der Waals surface area contributed by atoms with Crippen LogP contribution in [0.15, 0.2) is 72.9 Å². The average molecular weight is 445 g/mol. The second kappa shape index (κ2) is 9.96. The summed E-state index contributed by atoms with van der Waals surface area (Å²) in [6.07, 6.45) is 4.81. The fraction of sp³-hybridized carbons (Fsp3) is 0.259. The van der Waals surface area contributed by atoms with Crippen LogP contribution in [0.4, 0.5) is 0 Å². The van der Waals surface area contributed by atoms with E-state index in [-0.39, 0.29) is 24.3 Å². The number of amides is 2. The normalized spacial score (nSPS) is 14.8. The van der Waals surface area contributed by atoms with Crippen molar-refractivity contribution in [2.45, 2.75) is 39.3 Å². The average Bonchev–Trinajstić information content (AvgIpc) is 3.21. The van der Waals surface area contributed by atoms with E-state index in [0.29, 0.717) is 13.1 Å². The predicted molar refractivity (Wildman–Crippen MR) is 130 cm³/mol. The number of rotatable bonds is 7. The summed E-state index contributed by atoms with van der Waals surface area (Å²) in [5.74, 6) is 0.00612. The van der Waals surface area contributed by atoms with E-state index in [9.17, 15) is 9.59 Å². The molecule has 0 saturated heterocycles. The van der Waals surface area contributed by atoms with E-state index in [1.807, 2.05) is 53.4 Å². The quantitative estimate of drug-likeness (QED) is 0.476. The molecule has 2 amide bonds. The van der Waals surface area contributed by atoms with Gasteiger partial charge in [0.2, 0.25) is 11.8 Å². The van der Waals surface area contributed by atoms with Gasteiger partial charge in [-0.2, -0.15) is 0 Å². The van der Waals surface area contributed by atoms with Crippen LogP contribution in [0.5, 0.6) is 0 Å². The van der Waals surface area contributed by atoms with Crippen LogP contribution < -0.4 is 0 Å². The van der Waals surface area contributed by atoms with Crippen LogP contribution in [-0.2, 0) is 22.6 Å². The van der Waals surface area contributed by atoms with Crippen LogP contribution in [0.3, 0.4) is 0 Å². The summed E-state index contributed by atoms with van der Waals surface area (Å²) in [4.78, 5) is 32.0. The lowest BCUT2D eigenvalue weighted by Gasteiger charge is -2.34. The standard InChI is InChI=1S/C27H28N2O2S/c1-20-12-13-24(32-20)19-28(16-14-22-8-4-3-5-9-22)27(31)18-26-25-11-7-6-10-23(25)15-17-29(26)21(2)30/h3-13,15,17,26H,14,16,18-19H2,1-2H3. The molecule has 2 heterocycles. The van der Waals surface area contributed by atoms with Crippen molar-refractivity contribution in [1.29, 1.82) is 0 Å². The van der Waals surface area contributed by atoms with Crippen molar-refractivity contribution >= 4 is 29.2 Å². The van der Waals surface area contributed by atoms with Gasteiger partial charge in [0, 0.05) is 29.4 Å². The Hall–Kier alpha value is -3.18. The largest absolute Gasteiger partial charge is 0.337 e. The first kappa shape index (κ1) is 22.0. The highest BCUT2D eigenvalue weighted by molar-refractivity contribution is 7.11. The van der Waals surface area contributed by atoms with Crippen molar-refractivity contribution in [3.05, 3.63) is 99.4 Å². The zero-order valence-electron chi connectivity index (χ0n) is 18.5. The molecular formula is C27H28N2O2S. The number of nitrogens with zero attached hydrogens (tertiary/aromatic N) is 2. The maximum absolute atomic E-state index is 13.6. The summed E-state index contributed by atoms with van der Waals surface area (Å²) in [6.45, 7) is 4.87. The Labute approximate surface area is 193 Å². The van der Waals surface area contributed by atoms with E-state index in [1.54, 1.807) is 29.4 Å². The Kier molecular flexibility index (Phi) is 6.86. The Balaban J connectivity index is 1.56. The molecule has 0 fully saturated rings. The van der Waals surface area contributed by atoms with E-state index in [2.05, 4.69) is 31.2 Å². The lowest BCUT2D eigenvalue weighted by Crippen LogP contribution is -2.38. The Morgan fingerprint density at radius 1 is 1.00 bits per heavy atom. The zero-order chi connectivity index (χ0) is 22.5. The van der Waals surface area contributed by atoms with Gasteiger partial charge < -0.3 is 9.80 Å². The summed E-state index contributed by atoms with van der Waals surface area (Å²) in [6, 6.07) is 22.2. The highest BCUT2D eigenvalue weighted by Crippen LogP contribution is 2.33. The number of hydrogen-bond acceptors (Lipinski definition) is 3. The van der Waals surface area contributed by atoms with Gasteiger partial charge in [0.15, 0.2) is 0 Å². The van der Waals surface area contributed by atoms with E-state index < -0.39 is 0 Å². The molecule has 2 aromatic carbocycles. The molecule has 0 N–H and O–H groups in total. The van der Waals surface area contributed by atoms with Crippen molar-refractivity contribution < 1.29 is 9.59 Å². The number of benzene rings is 2. The second-order valence-electron chi connectivity index (χ2n) is 8.15. The highest BCUT2D eigenvalue weighted by Gasteiger charge is 2.30. The number of hydrogen-bond donors (Lipinski definition) is 0. The van der Waals surface area contributed by atoms with Gasteiger partial charge in [-0.25, -0.2) is 0 Å². The van der Waals surface area contributed by atoms with Gasteiger partial charge in [-0.05, 0) is 48.2 Å². The van der Waals surface area contributed by atoms with E-state index in [4.69, 9.17) is 0 Å². The van der Waals surface area contributed by atoms with Gasteiger partial charge in [-0.1, -0.05) is 54.6 Å². The summed E-state index contributed by atoms with van der Waals surface area (Å²) < 4.78 is 0. The van der Waals surface area contributed by atoms with Crippen molar-refractivity contribution in [1.82, 2.24) is 9.80 Å². The summed E-state index contributed by atoms with van der Waals surface area (Å²) in [5, 5.41) is 0. The molecule has 0 spiro atoms. The molecule has 1 aliphatic heterocycles. The molecule has 5 heteroatoms. The van der Waals surface area contributed by atoms with Crippen LogP contribution in [-0.4, -0.2) is 28.2 Å². The summed E-state index contributed by atoms with van der Waals surface area (Å²) in [7, 11) is 0. The highest BCUT2D eigenvalue weighted by atomic mass is 32.1. The number of aryl methyl sites for hydroxylation is 1. The van der Waals surface area contributed by atoms with Crippen LogP contribution in [0.25, 0.3) is 6.08 Å².